The molecule has 11 heteroatoms. The third kappa shape index (κ3) is 4.07. The molecule has 0 aliphatic carbocycles. The molecule has 5 N–H and O–H groups in total. The van der Waals surface area contributed by atoms with E-state index >= 15 is 0 Å². The smallest absolute Gasteiger partial charge is 0.326 e. The molecule has 3 aromatic heterocycles. The molecule has 10 nitrogen and oxygen atoms in total. The number of nitrogens with two attached hydrogens (primary N) is 1. The largest absolute Gasteiger partial charge is 0.421 e. The molecule has 0 bridgehead atoms. The third-order valence-electron chi connectivity index (χ3n) is 5.89. The molecule has 4 aromatic rings. The minimum atomic E-state index is -0.335. The van der Waals surface area contributed by atoms with Gasteiger partial charge in [-0.2, -0.15) is 9.97 Å². The fourth-order valence-corrected chi connectivity index (χ4v) is 4.23. The van der Waals surface area contributed by atoms with Crippen LogP contribution in [-0.4, -0.2) is 58.1 Å². The van der Waals surface area contributed by atoms with Gasteiger partial charge in [-0.15, -0.1) is 0 Å². The summed E-state index contributed by atoms with van der Waals surface area (Å²) in [6.45, 7) is 1.54. The van der Waals surface area contributed by atoms with Gasteiger partial charge >= 0.3 is 6.01 Å². The lowest BCUT2D eigenvalue weighted by Crippen LogP contribution is -2.27. The van der Waals surface area contributed by atoms with Crippen molar-refractivity contribution in [2.45, 2.75) is 25.3 Å². The first-order chi connectivity index (χ1) is 16.1. The highest BCUT2D eigenvalue weighted by molar-refractivity contribution is 6.14. The van der Waals surface area contributed by atoms with E-state index in [1.807, 2.05) is 0 Å². The van der Waals surface area contributed by atoms with Gasteiger partial charge in [0.25, 0.3) is 0 Å². The Labute approximate surface area is 189 Å². The van der Waals surface area contributed by atoms with E-state index in [1.165, 1.54) is 12.1 Å². The van der Waals surface area contributed by atoms with Crippen LogP contribution >= 0.6 is 0 Å². The molecule has 1 unspecified atom stereocenters. The summed E-state index contributed by atoms with van der Waals surface area (Å²) in [6.07, 6.45) is 5.85. The van der Waals surface area contributed by atoms with Gasteiger partial charge in [0, 0.05) is 38.6 Å². The van der Waals surface area contributed by atoms with Crippen molar-refractivity contribution >= 4 is 39.4 Å². The zero-order chi connectivity index (χ0) is 22.9. The molecular formula is C22H26FN9O. The van der Waals surface area contributed by atoms with Gasteiger partial charge in [-0.05, 0) is 31.4 Å². The fraction of sp³-hybridized carbons (Fsp3) is 0.364. The second-order valence-corrected chi connectivity index (χ2v) is 8.08. The number of aromatic nitrogens is 5. The number of nitrogens with one attached hydrogen (secondary N) is 3. The van der Waals surface area contributed by atoms with Crippen molar-refractivity contribution in [1.82, 2.24) is 24.9 Å². The maximum absolute atomic E-state index is 14.4. The number of hydrogen-bond donors (Lipinski definition) is 4. The summed E-state index contributed by atoms with van der Waals surface area (Å²) in [5, 5.41) is 7.38. The fourth-order valence-electron chi connectivity index (χ4n) is 4.23. The van der Waals surface area contributed by atoms with Gasteiger partial charge in [-0.25, -0.2) is 14.4 Å². The van der Waals surface area contributed by atoms with Gasteiger partial charge in [-0.3, -0.25) is 0 Å². The molecule has 0 amide bonds. The minimum absolute atomic E-state index is 0.155. The van der Waals surface area contributed by atoms with Crippen LogP contribution in [0.1, 0.15) is 19.3 Å². The summed E-state index contributed by atoms with van der Waals surface area (Å²) in [5.74, 6) is 1.25. The normalized spacial score (nSPS) is 16.7. The highest BCUT2D eigenvalue weighted by Crippen LogP contribution is 2.37. The molecule has 4 heterocycles. The number of hydrogen-bond acceptors (Lipinski definition) is 9. The molecule has 1 aromatic carbocycles. The van der Waals surface area contributed by atoms with Gasteiger partial charge < -0.3 is 31.0 Å². The summed E-state index contributed by atoms with van der Waals surface area (Å²) in [4.78, 5) is 23.2. The van der Waals surface area contributed by atoms with Crippen molar-refractivity contribution in [3.63, 3.8) is 0 Å². The van der Waals surface area contributed by atoms with E-state index < -0.39 is 0 Å². The number of anilines is 3. The number of aromatic amines is 1. The second-order valence-electron chi connectivity index (χ2n) is 8.08. The third-order valence-corrected chi connectivity index (χ3v) is 5.89. The number of ether oxygens (including phenoxy) is 1. The zero-order valence-corrected chi connectivity index (χ0v) is 18.5. The minimum Gasteiger partial charge on any atom is -0.421 e. The number of H-pyrrole nitrogens is 1. The molecule has 172 valence electrons. The summed E-state index contributed by atoms with van der Waals surface area (Å²) in [6, 6.07) is 3.27. The maximum Gasteiger partial charge on any atom is 0.326 e. The Morgan fingerprint density at radius 2 is 1.94 bits per heavy atom. The first-order valence-electron chi connectivity index (χ1n) is 10.9. The summed E-state index contributed by atoms with van der Waals surface area (Å²) in [7, 11) is 3.50. The summed E-state index contributed by atoms with van der Waals surface area (Å²) < 4.78 is 20.3. The Hall–Kier alpha value is -3.73. The van der Waals surface area contributed by atoms with E-state index in [-0.39, 0.29) is 17.9 Å². The van der Waals surface area contributed by atoms with Gasteiger partial charge in [0.15, 0.2) is 5.75 Å². The molecule has 33 heavy (non-hydrogen) atoms. The van der Waals surface area contributed by atoms with E-state index in [2.05, 4.69) is 35.5 Å². The van der Waals surface area contributed by atoms with Crippen LogP contribution in [0, 0.1) is 5.82 Å². The van der Waals surface area contributed by atoms with Crippen LogP contribution in [0.4, 0.5) is 21.8 Å². The standard InChI is InChI=1S/C22H26FN9O/c1-25-16-9-12(23)8-15-17-19(29-18(15)16)30-22(33-14-10-27-21(26-2)28-11-14)31-20(17)32-6-3-4-13(24)5-7-32/h8-11,13,25H,3-7,24H2,1-2H3,(H,26,27,28)(H,29,30,31). The van der Waals surface area contributed by atoms with E-state index in [4.69, 9.17) is 15.5 Å². The number of nitrogens with zero attached hydrogens (tertiary/aromatic N) is 5. The van der Waals surface area contributed by atoms with Crippen molar-refractivity contribution < 1.29 is 9.13 Å². The molecule has 0 radical (unpaired) electrons. The van der Waals surface area contributed by atoms with Crippen LogP contribution in [0.15, 0.2) is 24.5 Å². The van der Waals surface area contributed by atoms with Crippen molar-refractivity contribution in [3.8, 4) is 11.8 Å². The average molecular weight is 452 g/mol. The lowest BCUT2D eigenvalue weighted by Gasteiger charge is -2.22. The van der Waals surface area contributed by atoms with E-state index in [0.717, 1.165) is 43.3 Å². The summed E-state index contributed by atoms with van der Waals surface area (Å²) >= 11 is 0. The molecule has 0 spiro atoms. The first kappa shape index (κ1) is 21.1. The average Bonchev–Trinajstić information content (AvgIpc) is 3.04. The van der Waals surface area contributed by atoms with Crippen LogP contribution < -0.4 is 26.0 Å². The van der Waals surface area contributed by atoms with Gasteiger partial charge in [-0.1, -0.05) is 0 Å². The Morgan fingerprint density at radius 1 is 1.12 bits per heavy atom. The van der Waals surface area contributed by atoms with Gasteiger partial charge in [0.2, 0.25) is 5.95 Å². The molecule has 1 aliphatic rings. The number of fused-ring (bicyclic) bond motifs is 3. The predicted octanol–water partition coefficient (Wildman–Crippen LogP) is 3.23. The van der Waals surface area contributed by atoms with Gasteiger partial charge in [0.1, 0.15) is 17.3 Å². The van der Waals surface area contributed by atoms with Crippen molar-refractivity contribution in [3.05, 3.63) is 30.3 Å². The molecule has 1 fully saturated rings. The topological polar surface area (TPSA) is 130 Å². The van der Waals surface area contributed by atoms with Crippen LogP contribution in [-0.2, 0) is 0 Å². The van der Waals surface area contributed by atoms with Crippen LogP contribution in [0.2, 0.25) is 0 Å². The Morgan fingerprint density at radius 3 is 2.70 bits per heavy atom. The van der Waals surface area contributed by atoms with Gasteiger partial charge in [0.05, 0.1) is 29.0 Å². The SMILES string of the molecule is CNc1ncc(Oc2nc(N3CCCC(N)CC3)c3c(n2)[nH]c2c(NC)cc(F)cc23)cn1. The lowest BCUT2D eigenvalue weighted by atomic mass is 10.1. The number of benzene rings is 1. The molecule has 0 saturated carbocycles. The number of halogens is 1. The quantitative estimate of drug-likeness (QED) is 0.361. The van der Waals surface area contributed by atoms with E-state index in [1.54, 1.807) is 26.5 Å². The summed E-state index contributed by atoms with van der Waals surface area (Å²) in [5.41, 5.74) is 8.17. The van der Waals surface area contributed by atoms with Crippen molar-refractivity contribution in [2.24, 2.45) is 5.73 Å². The first-order valence-corrected chi connectivity index (χ1v) is 10.9. The second kappa shape index (κ2) is 8.66. The predicted molar refractivity (Wildman–Crippen MR) is 127 cm³/mol. The lowest BCUT2D eigenvalue weighted by molar-refractivity contribution is 0.439. The van der Waals surface area contributed by atoms with Crippen molar-refractivity contribution in [1.29, 1.82) is 0 Å². The Balaban J connectivity index is 1.66. The van der Waals surface area contributed by atoms with Crippen LogP contribution in [0.5, 0.6) is 11.8 Å². The van der Waals surface area contributed by atoms with E-state index in [0.29, 0.717) is 34.2 Å². The highest BCUT2D eigenvalue weighted by Gasteiger charge is 2.23. The Bertz CT molecular complexity index is 1290. The van der Waals surface area contributed by atoms with Crippen LogP contribution in [0.3, 0.4) is 0 Å². The van der Waals surface area contributed by atoms with Crippen LogP contribution in [0.25, 0.3) is 21.9 Å². The highest BCUT2D eigenvalue weighted by atomic mass is 19.1. The number of rotatable bonds is 5. The molecule has 5 rings (SSSR count). The monoisotopic (exact) mass is 451 g/mol. The maximum atomic E-state index is 14.4. The zero-order valence-electron chi connectivity index (χ0n) is 18.5. The molecule has 1 aliphatic heterocycles. The Kier molecular flexibility index (Phi) is 5.55. The molecule has 1 atom stereocenters. The van der Waals surface area contributed by atoms with E-state index in [9.17, 15) is 4.39 Å². The molecular weight excluding hydrogens is 425 g/mol. The molecule has 1 saturated heterocycles. The van der Waals surface area contributed by atoms with Crippen molar-refractivity contribution in [2.75, 3.05) is 42.7 Å².